The van der Waals surface area contributed by atoms with E-state index in [1.165, 1.54) is 0 Å². The van der Waals surface area contributed by atoms with Crippen molar-refractivity contribution in [1.82, 2.24) is 9.38 Å². The van der Waals surface area contributed by atoms with Gasteiger partial charge < -0.3 is 19.5 Å². The summed E-state index contributed by atoms with van der Waals surface area (Å²) in [6.45, 7) is 2.79. The summed E-state index contributed by atoms with van der Waals surface area (Å²) in [5.74, 6) is 1.90. The number of ether oxygens (including phenoxy) is 3. The van der Waals surface area contributed by atoms with Crippen LogP contribution in [0.15, 0.2) is 91.1 Å². The quantitative estimate of drug-likeness (QED) is 0.244. The fraction of sp³-hybridized carbons (Fsp3) is 0.103. The minimum atomic E-state index is -0.487. The Hall–Kier alpha value is -4.78. The van der Waals surface area contributed by atoms with E-state index in [-0.39, 0.29) is 6.79 Å². The summed E-state index contributed by atoms with van der Waals surface area (Å²) < 4.78 is 18.7. The number of benzene rings is 3. The van der Waals surface area contributed by atoms with Gasteiger partial charge in [-0.05, 0) is 54.4 Å². The lowest BCUT2D eigenvalue weighted by Gasteiger charge is -2.12. The van der Waals surface area contributed by atoms with Gasteiger partial charge in [0.25, 0.3) is 0 Å². The van der Waals surface area contributed by atoms with E-state index in [2.05, 4.69) is 17.4 Å². The van der Waals surface area contributed by atoms with Crippen LogP contribution in [0.2, 0.25) is 0 Å². The molecule has 1 aliphatic heterocycles. The molecule has 0 atom stereocenters. The smallest absolute Gasteiger partial charge is 0.343 e. The second kappa shape index (κ2) is 9.11. The molecular weight excluding hydrogens is 454 g/mol. The molecule has 3 aromatic carbocycles. The van der Waals surface area contributed by atoms with E-state index in [1.807, 2.05) is 66.1 Å². The van der Waals surface area contributed by atoms with Crippen LogP contribution in [-0.2, 0) is 6.54 Å². The lowest BCUT2D eigenvalue weighted by Crippen LogP contribution is -2.09. The third-order valence-corrected chi connectivity index (χ3v) is 6.10. The molecule has 5 aromatic rings. The molecule has 0 radical (unpaired) electrons. The number of anilines is 1. The van der Waals surface area contributed by atoms with Crippen molar-refractivity contribution >= 4 is 17.4 Å². The SMILES string of the molecule is Cc1cccn2c(NCc3ccccc3)c(-c3ccccc3OC(=O)c3ccc4c(c3)OCO4)nc12. The molecule has 0 fully saturated rings. The standard InChI is InChI=1S/C29H23N3O4/c1-19-8-7-15-32-27(19)31-26(28(32)30-17-20-9-3-2-4-10-20)22-11-5-6-12-23(22)36-29(33)21-13-14-24-25(16-21)35-18-34-24/h2-16,30H,17-18H2,1H3. The molecule has 0 aliphatic carbocycles. The fourth-order valence-electron chi connectivity index (χ4n) is 4.28. The largest absolute Gasteiger partial charge is 0.454 e. The Bertz CT molecular complexity index is 1580. The number of esters is 1. The van der Waals surface area contributed by atoms with Crippen molar-refractivity contribution in [1.29, 1.82) is 0 Å². The molecule has 0 amide bonds. The second-order valence-corrected chi connectivity index (χ2v) is 8.49. The van der Waals surface area contributed by atoms with Crippen LogP contribution in [0.3, 0.4) is 0 Å². The van der Waals surface area contributed by atoms with Crippen molar-refractivity contribution in [3.05, 3.63) is 108 Å². The zero-order valence-electron chi connectivity index (χ0n) is 19.6. The molecule has 3 heterocycles. The maximum Gasteiger partial charge on any atom is 0.343 e. The lowest BCUT2D eigenvalue weighted by molar-refractivity contribution is 0.0735. The number of pyridine rings is 1. The van der Waals surface area contributed by atoms with Crippen LogP contribution in [-0.4, -0.2) is 22.1 Å². The average Bonchev–Trinajstić information content (AvgIpc) is 3.53. The number of hydrogen-bond acceptors (Lipinski definition) is 6. The summed E-state index contributed by atoms with van der Waals surface area (Å²) >= 11 is 0. The van der Waals surface area contributed by atoms with Gasteiger partial charge in [-0.1, -0.05) is 48.5 Å². The Morgan fingerprint density at radius 3 is 2.67 bits per heavy atom. The first kappa shape index (κ1) is 21.7. The molecule has 2 aromatic heterocycles. The molecule has 0 saturated heterocycles. The summed E-state index contributed by atoms with van der Waals surface area (Å²) in [6, 6.07) is 26.6. The molecule has 7 heteroatoms. The van der Waals surface area contributed by atoms with E-state index in [0.29, 0.717) is 40.6 Å². The van der Waals surface area contributed by atoms with Gasteiger partial charge in [-0.25, -0.2) is 9.78 Å². The number of fused-ring (bicyclic) bond motifs is 2. The fourth-order valence-corrected chi connectivity index (χ4v) is 4.28. The van der Waals surface area contributed by atoms with E-state index in [0.717, 1.165) is 22.6 Å². The Morgan fingerprint density at radius 1 is 0.972 bits per heavy atom. The molecule has 1 N–H and O–H groups in total. The minimum absolute atomic E-state index is 0.142. The highest BCUT2D eigenvalue weighted by Gasteiger charge is 2.22. The van der Waals surface area contributed by atoms with E-state index in [9.17, 15) is 4.79 Å². The first-order valence-corrected chi connectivity index (χ1v) is 11.6. The predicted octanol–water partition coefficient (Wildman–Crippen LogP) is 5.87. The summed E-state index contributed by atoms with van der Waals surface area (Å²) in [5.41, 5.74) is 4.82. The van der Waals surface area contributed by atoms with E-state index in [1.54, 1.807) is 24.3 Å². The van der Waals surface area contributed by atoms with Crippen molar-refractivity contribution in [2.75, 3.05) is 12.1 Å². The molecule has 0 spiro atoms. The Kier molecular flexibility index (Phi) is 5.50. The van der Waals surface area contributed by atoms with Crippen molar-refractivity contribution in [3.8, 4) is 28.5 Å². The highest BCUT2D eigenvalue weighted by molar-refractivity contribution is 5.93. The maximum atomic E-state index is 13.1. The monoisotopic (exact) mass is 477 g/mol. The van der Waals surface area contributed by atoms with Gasteiger partial charge in [0.15, 0.2) is 11.5 Å². The van der Waals surface area contributed by atoms with Gasteiger partial charge in [-0.3, -0.25) is 4.40 Å². The summed E-state index contributed by atoms with van der Waals surface area (Å²) in [6.07, 6.45) is 1.98. The number of nitrogens with one attached hydrogen (secondary N) is 1. The van der Waals surface area contributed by atoms with Crippen molar-refractivity contribution in [3.63, 3.8) is 0 Å². The van der Waals surface area contributed by atoms with Gasteiger partial charge in [-0.2, -0.15) is 0 Å². The van der Waals surface area contributed by atoms with Gasteiger partial charge in [0.2, 0.25) is 6.79 Å². The third kappa shape index (κ3) is 4.01. The van der Waals surface area contributed by atoms with Crippen LogP contribution in [0.1, 0.15) is 21.5 Å². The summed E-state index contributed by atoms with van der Waals surface area (Å²) in [7, 11) is 0. The third-order valence-electron chi connectivity index (χ3n) is 6.10. The number of imidazole rings is 1. The molecule has 1 aliphatic rings. The molecule has 6 rings (SSSR count). The number of carbonyl (C=O) groups excluding carboxylic acids is 1. The number of aryl methyl sites for hydroxylation is 1. The number of nitrogens with zero attached hydrogens (tertiary/aromatic N) is 2. The maximum absolute atomic E-state index is 13.1. The zero-order valence-corrected chi connectivity index (χ0v) is 19.6. The molecule has 7 nitrogen and oxygen atoms in total. The average molecular weight is 478 g/mol. The Labute approximate surface area is 207 Å². The van der Waals surface area contributed by atoms with Crippen LogP contribution in [0.4, 0.5) is 5.82 Å². The Balaban J connectivity index is 1.38. The van der Waals surface area contributed by atoms with Gasteiger partial charge >= 0.3 is 5.97 Å². The van der Waals surface area contributed by atoms with Gasteiger partial charge in [0, 0.05) is 18.3 Å². The van der Waals surface area contributed by atoms with Gasteiger partial charge in [-0.15, -0.1) is 0 Å². The first-order chi connectivity index (χ1) is 17.7. The number of aromatic nitrogens is 2. The minimum Gasteiger partial charge on any atom is -0.454 e. The second-order valence-electron chi connectivity index (χ2n) is 8.49. The van der Waals surface area contributed by atoms with E-state index in [4.69, 9.17) is 19.2 Å². The molecular formula is C29H23N3O4. The lowest BCUT2D eigenvalue weighted by atomic mass is 10.1. The normalized spacial score (nSPS) is 12.0. The predicted molar refractivity (Wildman–Crippen MR) is 137 cm³/mol. The van der Waals surface area contributed by atoms with Crippen molar-refractivity contribution in [2.45, 2.75) is 13.5 Å². The van der Waals surface area contributed by atoms with E-state index < -0.39 is 5.97 Å². The summed E-state index contributed by atoms with van der Waals surface area (Å²) in [4.78, 5) is 18.0. The highest BCUT2D eigenvalue weighted by atomic mass is 16.7. The molecule has 36 heavy (non-hydrogen) atoms. The number of rotatable bonds is 6. The van der Waals surface area contributed by atoms with Crippen LogP contribution < -0.4 is 19.5 Å². The number of para-hydroxylation sites is 1. The van der Waals surface area contributed by atoms with Crippen LogP contribution in [0.5, 0.6) is 17.2 Å². The van der Waals surface area contributed by atoms with Crippen LogP contribution in [0, 0.1) is 6.92 Å². The van der Waals surface area contributed by atoms with Crippen LogP contribution in [0.25, 0.3) is 16.9 Å². The first-order valence-electron chi connectivity index (χ1n) is 11.6. The van der Waals surface area contributed by atoms with Gasteiger partial charge in [0.1, 0.15) is 22.9 Å². The molecule has 0 unspecified atom stereocenters. The van der Waals surface area contributed by atoms with Crippen molar-refractivity contribution < 1.29 is 19.0 Å². The molecule has 0 bridgehead atoms. The van der Waals surface area contributed by atoms with Gasteiger partial charge in [0.05, 0.1) is 5.56 Å². The number of hydrogen-bond donors (Lipinski definition) is 1. The molecule has 178 valence electrons. The topological polar surface area (TPSA) is 74.1 Å². The van der Waals surface area contributed by atoms with Crippen molar-refractivity contribution in [2.24, 2.45) is 0 Å². The molecule has 0 saturated carbocycles. The Morgan fingerprint density at radius 2 is 1.78 bits per heavy atom. The number of carbonyl (C=O) groups is 1. The highest BCUT2D eigenvalue weighted by Crippen LogP contribution is 2.37. The zero-order chi connectivity index (χ0) is 24.5. The van der Waals surface area contributed by atoms with Crippen LogP contribution >= 0.6 is 0 Å². The summed E-state index contributed by atoms with van der Waals surface area (Å²) in [5, 5.41) is 3.55. The van der Waals surface area contributed by atoms with E-state index >= 15 is 0 Å².